The lowest BCUT2D eigenvalue weighted by Gasteiger charge is -2.44. The van der Waals surface area contributed by atoms with Gasteiger partial charge in [-0.2, -0.15) is 0 Å². The van der Waals surface area contributed by atoms with Crippen LogP contribution in [0.1, 0.15) is 27.2 Å². The first kappa shape index (κ1) is 20.2. The van der Waals surface area contributed by atoms with Gasteiger partial charge in [-0.15, -0.1) is 12.4 Å². The molecule has 1 aromatic rings. The molecule has 0 spiro atoms. The van der Waals surface area contributed by atoms with Crippen LogP contribution < -0.4 is 11.1 Å². The Morgan fingerprint density at radius 3 is 2.78 bits per heavy atom. The van der Waals surface area contributed by atoms with Gasteiger partial charge < -0.3 is 11.1 Å². The van der Waals surface area contributed by atoms with Gasteiger partial charge in [-0.25, -0.2) is 4.39 Å². The summed E-state index contributed by atoms with van der Waals surface area (Å²) in [5.74, 6) is -0.738. The van der Waals surface area contributed by atoms with E-state index in [1.54, 1.807) is 0 Å². The topological polar surface area (TPSA) is 58.4 Å². The molecule has 0 saturated carbocycles. The highest BCUT2D eigenvalue weighted by molar-refractivity contribution is 6.30. The molecule has 1 aliphatic rings. The van der Waals surface area contributed by atoms with Crippen molar-refractivity contribution in [1.29, 1.82) is 0 Å². The third kappa shape index (κ3) is 4.80. The van der Waals surface area contributed by atoms with Crippen LogP contribution in [0.4, 0.5) is 10.1 Å². The maximum Gasteiger partial charge on any atom is 0.241 e. The molecule has 0 aliphatic carbocycles. The van der Waals surface area contributed by atoms with Gasteiger partial charge in [0.25, 0.3) is 0 Å². The number of anilines is 1. The van der Waals surface area contributed by atoms with E-state index in [1.807, 2.05) is 6.92 Å². The monoisotopic (exact) mass is 363 g/mol. The molecule has 0 aromatic heterocycles. The van der Waals surface area contributed by atoms with Crippen molar-refractivity contribution in [3.63, 3.8) is 0 Å². The van der Waals surface area contributed by atoms with Crippen LogP contribution in [0, 0.1) is 11.2 Å². The van der Waals surface area contributed by atoms with Crippen molar-refractivity contribution in [1.82, 2.24) is 4.90 Å². The minimum Gasteiger partial charge on any atom is -0.327 e. The predicted molar refractivity (Wildman–Crippen MR) is 94.7 cm³/mol. The zero-order valence-electron chi connectivity index (χ0n) is 13.6. The number of nitrogens with one attached hydrogen (secondary N) is 1. The van der Waals surface area contributed by atoms with Crippen molar-refractivity contribution in [2.75, 3.05) is 18.4 Å². The largest absolute Gasteiger partial charge is 0.327 e. The van der Waals surface area contributed by atoms with E-state index >= 15 is 0 Å². The van der Waals surface area contributed by atoms with E-state index in [4.69, 9.17) is 17.3 Å². The van der Waals surface area contributed by atoms with Crippen LogP contribution in [0.15, 0.2) is 18.2 Å². The van der Waals surface area contributed by atoms with Gasteiger partial charge in [0.2, 0.25) is 5.91 Å². The number of hydrogen-bond acceptors (Lipinski definition) is 3. The summed E-state index contributed by atoms with van der Waals surface area (Å²) in [5.41, 5.74) is 6.18. The number of hydrogen-bond donors (Lipinski definition) is 2. The molecule has 1 fully saturated rings. The van der Waals surface area contributed by atoms with Crippen molar-refractivity contribution < 1.29 is 9.18 Å². The van der Waals surface area contributed by atoms with Gasteiger partial charge in [0.15, 0.2) is 0 Å². The molecule has 2 unspecified atom stereocenters. The van der Waals surface area contributed by atoms with Crippen molar-refractivity contribution in [3.05, 3.63) is 29.0 Å². The number of carbonyl (C=O) groups is 1. The molecule has 1 aliphatic heterocycles. The van der Waals surface area contributed by atoms with Crippen LogP contribution in [0.5, 0.6) is 0 Å². The van der Waals surface area contributed by atoms with Crippen LogP contribution in [0.3, 0.4) is 0 Å². The molecule has 7 heteroatoms. The number of carbonyl (C=O) groups excluding carboxylic acids is 1. The van der Waals surface area contributed by atoms with Crippen LogP contribution >= 0.6 is 24.0 Å². The number of likely N-dealkylation sites (tertiary alicyclic amines) is 1. The normalized spacial score (nSPS) is 22.1. The first-order valence-corrected chi connectivity index (χ1v) is 7.84. The van der Waals surface area contributed by atoms with E-state index in [9.17, 15) is 9.18 Å². The van der Waals surface area contributed by atoms with Crippen molar-refractivity contribution >= 4 is 35.6 Å². The van der Waals surface area contributed by atoms with Crippen LogP contribution in [0.25, 0.3) is 0 Å². The number of rotatable bonds is 3. The Balaban J connectivity index is 0.00000264. The molecule has 0 radical (unpaired) electrons. The minimum absolute atomic E-state index is 0. The summed E-state index contributed by atoms with van der Waals surface area (Å²) in [6, 6.07) is 3.88. The first-order valence-electron chi connectivity index (χ1n) is 7.46. The molecule has 1 amide bonds. The second-order valence-corrected chi connectivity index (χ2v) is 7.08. The average molecular weight is 364 g/mol. The van der Waals surface area contributed by atoms with Gasteiger partial charge >= 0.3 is 0 Å². The van der Waals surface area contributed by atoms with E-state index in [0.29, 0.717) is 5.02 Å². The molecule has 1 aromatic carbocycles. The number of halogens is 3. The summed E-state index contributed by atoms with van der Waals surface area (Å²) < 4.78 is 13.7. The van der Waals surface area contributed by atoms with Crippen LogP contribution in [0.2, 0.25) is 5.02 Å². The number of benzene rings is 1. The Morgan fingerprint density at radius 1 is 1.52 bits per heavy atom. The highest BCUT2D eigenvalue weighted by atomic mass is 35.5. The number of nitrogens with two attached hydrogens (primary N) is 1. The molecule has 130 valence electrons. The Hall–Kier alpha value is -0.880. The molecule has 4 nitrogen and oxygen atoms in total. The lowest BCUT2D eigenvalue weighted by molar-refractivity contribution is -0.122. The van der Waals surface area contributed by atoms with E-state index in [0.717, 1.165) is 19.5 Å². The molecule has 2 atom stereocenters. The third-order valence-corrected chi connectivity index (χ3v) is 4.69. The zero-order valence-corrected chi connectivity index (χ0v) is 15.2. The Bertz CT molecular complexity index is 568. The summed E-state index contributed by atoms with van der Waals surface area (Å²) in [6.45, 7) is 7.53. The standard InChI is InChI=1S/C16H23ClFN3O.ClH/c1-10(21-7-6-14(19)16(2,3)9-21)15(22)20-13-8-11(17)4-5-12(13)18;/h4-5,8,10,14H,6-7,9,19H2,1-3H3,(H,20,22);1H. The second-order valence-electron chi connectivity index (χ2n) is 6.64. The van der Waals surface area contributed by atoms with E-state index in [1.165, 1.54) is 18.2 Å². The van der Waals surface area contributed by atoms with Crippen LogP contribution in [-0.2, 0) is 4.79 Å². The van der Waals surface area contributed by atoms with Crippen molar-refractivity contribution in [2.24, 2.45) is 11.1 Å². The molecular formula is C16H24Cl2FN3O. The van der Waals surface area contributed by atoms with E-state index in [2.05, 4.69) is 24.1 Å². The summed E-state index contributed by atoms with van der Waals surface area (Å²) in [6.07, 6.45) is 0.843. The lowest BCUT2D eigenvalue weighted by Crippen LogP contribution is -2.56. The smallest absolute Gasteiger partial charge is 0.241 e. The maximum atomic E-state index is 13.7. The predicted octanol–water partition coefficient (Wildman–Crippen LogP) is 3.29. The fourth-order valence-electron chi connectivity index (χ4n) is 2.74. The lowest BCUT2D eigenvalue weighted by atomic mass is 9.79. The Labute approximate surface area is 148 Å². The molecule has 1 saturated heterocycles. The Kier molecular flexibility index (Phi) is 6.83. The number of nitrogens with zero attached hydrogens (tertiary/aromatic N) is 1. The Morgan fingerprint density at radius 2 is 2.17 bits per heavy atom. The average Bonchev–Trinajstić information content (AvgIpc) is 2.45. The van der Waals surface area contributed by atoms with Crippen LogP contribution in [-0.4, -0.2) is 36.0 Å². The summed E-state index contributed by atoms with van der Waals surface area (Å²) >= 11 is 5.84. The molecule has 1 heterocycles. The summed E-state index contributed by atoms with van der Waals surface area (Å²) in [4.78, 5) is 14.5. The minimum atomic E-state index is -0.494. The highest BCUT2D eigenvalue weighted by Crippen LogP contribution is 2.29. The molecular weight excluding hydrogens is 340 g/mol. The maximum absolute atomic E-state index is 13.7. The summed E-state index contributed by atoms with van der Waals surface area (Å²) in [7, 11) is 0. The van der Waals surface area contributed by atoms with Gasteiger partial charge in [0.05, 0.1) is 11.7 Å². The third-order valence-electron chi connectivity index (χ3n) is 4.46. The zero-order chi connectivity index (χ0) is 16.5. The summed E-state index contributed by atoms with van der Waals surface area (Å²) in [5, 5.41) is 3.00. The number of amides is 1. The van der Waals surface area contributed by atoms with Gasteiger partial charge in [0.1, 0.15) is 5.82 Å². The SMILES string of the molecule is CC(C(=O)Nc1cc(Cl)ccc1F)N1CCC(N)C(C)(C)C1.Cl. The molecule has 3 N–H and O–H groups in total. The fourth-order valence-corrected chi connectivity index (χ4v) is 2.91. The van der Waals surface area contributed by atoms with Crippen molar-refractivity contribution in [3.8, 4) is 0 Å². The quantitative estimate of drug-likeness (QED) is 0.865. The van der Waals surface area contributed by atoms with Gasteiger partial charge in [0, 0.05) is 24.2 Å². The molecule has 23 heavy (non-hydrogen) atoms. The first-order chi connectivity index (χ1) is 10.2. The number of piperidine rings is 1. The highest BCUT2D eigenvalue weighted by Gasteiger charge is 2.36. The van der Waals surface area contributed by atoms with Gasteiger partial charge in [-0.3, -0.25) is 9.69 Å². The van der Waals surface area contributed by atoms with E-state index < -0.39 is 5.82 Å². The van der Waals surface area contributed by atoms with Gasteiger partial charge in [-0.05, 0) is 37.0 Å². The fraction of sp³-hybridized carbons (Fsp3) is 0.562. The molecule has 2 rings (SSSR count). The second kappa shape index (κ2) is 7.79. The van der Waals surface area contributed by atoms with E-state index in [-0.39, 0.29) is 41.5 Å². The van der Waals surface area contributed by atoms with Gasteiger partial charge in [-0.1, -0.05) is 25.4 Å². The van der Waals surface area contributed by atoms with Crippen molar-refractivity contribution in [2.45, 2.75) is 39.3 Å². The molecule has 0 bridgehead atoms.